The summed E-state index contributed by atoms with van der Waals surface area (Å²) in [4.78, 5) is 22.9. The number of methoxy groups -OCH3 is 1. The zero-order valence-corrected chi connectivity index (χ0v) is 20.6. The normalized spacial score (nSPS) is 14.4. The number of rotatable bonds is 11. The third-order valence-electron chi connectivity index (χ3n) is 5.61. The lowest BCUT2D eigenvalue weighted by molar-refractivity contribution is -0.147. The number of hydrogen-bond donors (Lipinski definition) is 0. The molecule has 0 N–H and O–H groups in total. The van der Waals surface area contributed by atoms with E-state index in [9.17, 15) is 9.59 Å². The van der Waals surface area contributed by atoms with Crippen molar-refractivity contribution in [2.75, 3.05) is 7.11 Å². The van der Waals surface area contributed by atoms with Crippen molar-refractivity contribution in [3.8, 4) is 0 Å². The molecule has 0 spiro atoms. The Bertz CT molecular complexity index is 691. The Kier molecular flexibility index (Phi) is 10.5. The van der Waals surface area contributed by atoms with Crippen LogP contribution in [-0.2, 0) is 23.5 Å². The summed E-state index contributed by atoms with van der Waals surface area (Å²) in [6.07, 6.45) is 5.98. The van der Waals surface area contributed by atoms with E-state index in [0.717, 1.165) is 24.8 Å². The Morgan fingerprint density at radius 3 is 2.23 bits per heavy atom. The SMILES string of the molecule is COC(=O)/C=C/CCC(CCC(OC(C)=O)c1ccccc1)O[Si](C)(C)C(C)(C)C. The average Bonchev–Trinajstić information content (AvgIpc) is 2.67. The van der Waals surface area contributed by atoms with Gasteiger partial charge in [0.05, 0.1) is 7.11 Å². The second-order valence-corrected chi connectivity index (χ2v) is 13.8. The third kappa shape index (κ3) is 9.26. The molecule has 5 nitrogen and oxygen atoms in total. The first-order valence-corrected chi connectivity index (χ1v) is 13.5. The maximum absolute atomic E-state index is 11.6. The zero-order chi connectivity index (χ0) is 22.8. The highest BCUT2D eigenvalue weighted by molar-refractivity contribution is 6.74. The minimum absolute atomic E-state index is 0.0231. The van der Waals surface area contributed by atoms with Crippen molar-refractivity contribution in [3.63, 3.8) is 0 Å². The molecule has 1 aromatic carbocycles. The van der Waals surface area contributed by atoms with Gasteiger partial charge in [-0.05, 0) is 49.4 Å². The molecule has 0 aliphatic heterocycles. The fourth-order valence-corrected chi connectivity index (χ4v) is 4.31. The fraction of sp³-hybridized carbons (Fsp3) is 0.583. The van der Waals surface area contributed by atoms with Gasteiger partial charge >= 0.3 is 11.9 Å². The van der Waals surface area contributed by atoms with E-state index in [1.807, 2.05) is 36.4 Å². The number of hydrogen-bond acceptors (Lipinski definition) is 5. The average molecular weight is 435 g/mol. The van der Waals surface area contributed by atoms with Crippen LogP contribution in [-0.4, -0.2) is 33.5 Å². The van der Waals surface area contributed by atoms with Crippen molar-refractivity contribution < 1.29 is 23.5 Å². The first-order valence-electron chi connectivity index (χ1n) is 10.6. The summed E-state index contributed by atoms with van der Waals surface area (Å²) in [7, 11) is -0.594. The molecule has 0 aromatic heterocycles. The number of carbonyl (C=O) groups excluding carboxylic acids is 2. The molecule has 0 aliphatic carbocycles. The minimum atomic E-state index is -1.96. The van der Waals surface area contributed by atoms with Gasteiger partial charge < -0.3 is 13.9 Å². The Morgan fingerprint density at radius 1 is 1.07 bits per heavy atom. The van der Waals surface area contributed by atoms with E-state index in [4.69, 9.17) is 9.16 Å². The molecule has 0 saturated carbocycles. The number of esters is 2. The van der Waals surface area contributed by atoms with E-state index in [-0.39, 0.29) is 29.2 Å². The molecule has 1 aromatic rings. The topological polar surface area (TPSA) is 61.8 Å². The van der Waals surface area contributed by atoms with Crippen molar-refractivity contribution in [1.82, 2.24) is 0 Å². The van der Waals surface area contributed by atoms with Crippen LogP contribution in [0, 0.1) is 0 Å². The lowest BCUT2D eigenvalue weighted by Crippen LogP contribution is -2.44. The minimum Gasteiger partial charge on any atom is -0.466 e. The highest BCUT2D eigenvalue weighted by Crippen LogP contribution is 2.38. The van der Waals surface area contributed by atoms with Crippen LogP contribution in [0.4, 0.5) is 0 Å². The fourth-order valence-electron chi connectivity index (χ4n) is 2.88. The largest absolute Gasteiger partial charge is 0.466 e. The first kappa shape index (κ1) is 26.1. The summed E-state index contributed by atoms with van der Waals surface area (Å²) >= 11 is 0. The predicted molar refractivity (Wildman–Crippen MR) is 123 cm³/mol. The molecule has 2 unspecified atom stereocenters. The summed E-state index contributed by atoms with van der Waals surface area (Å²) in [5, 5.41) is 0.0990. The first-order chi connectivity index (χ1) is 14.0. The van der Waals surface area contributed by atoms with Crippen LogP contribution < -0.4 is 0 Å². The van der Waals surface area contributed by atoms with Crippen LogP contribution in [0.2, 0.25) is 18.1 Å². The third-order valence-corrected chi connectivity index (χ3v) is 10.1. The summed E-state index contributed by atoms with van der Waals surface area (Å²) in [6, 6.07) is 9.82. The Labute approximate surface area is 182 Å². The second-order valence-electron chi connectivity index (χ2n) is 9.09. The van der Waals surface area contributed by atoms with Gasteiger partial charge in [-0.1, -0.05) is 57.2 Å². The van der Waals surface area contributed by atoms with Crippen molar-refractivity contribution in [1.29, 1.82) is 0 Å². The van der Waals surface area contributed by atoms with Crippen LogP contribution in [0.5, 0.6) is 0 Å². The number of ether oxygens (including phenoxy) is 2. The molecule has 0 amide bonds. The van der Waals surface area contributed by atoms with Crippen LogP contribution >= 0.6 is 0 Å². The molecular weight excluding hydrogens is 396 g/mol. The Balaban J connectivity index is 2.89. The molecule has 1 rings (SSSR count). The summed E-state index contributed by atoms with van der Waals surface area (Å²) in [5.74, 6) is -0.636. The molecular formula is C24H38O5Si. The Hall–Kier alpha value is -1.92. The van der Waals surface area contributed by atoms with Crippen molar-refractivity contribution >= 4 is 20.3 Å². The van der Waals surface area contributed by atoms with E-state index in [1.54, 1.807) is 0 Å². The number of carbonyl (C=O) groups is 2. The van der Waals surface area contributed by atoms with Crippen LogP contribution in [0.3, 0.4) is 0 Å². The molecule has 0 radical (unpaired) electrons. The molecule has 6 heteroatoms. The molecule has 168 valence electrons. The zero-order valence-electron chi connectivity index (χ0n) is 19.6. The van der Waals surface area contributed by atoms with E-state index >= 15 is 0 Å². The molecule has 0 aliphatic rings. The molecule has 0 heterocycles. The summed E-state index contributed by atoms with van der Waals surface area (Å²) < 4.78 is 16.9. The standard InChI is InChI=1S/C24H38O5Si/c1-19(25)28-22(20-13-9-8-10-14-20)18-17-21(15-11-12-16-23(26)27-5)29-30(6,7)24(2,3)4/h8-10,12-14,16,21-22H,11,15,17-18H2,1-7H3/b16-12+. The lowest BCUT2D eigenvalue weighted by Gasteiger charge is -2.39. The van der Waals surface area contributed by atoms with Gasteiger partial charge in [0, 0.05) is 19.1 Å². The van der Waals surface area contributed by atoms with Gasteiger partial charge in [0.2, 0.25) is 0 Å². The van der Waals surface area contributed by atoms with Gasteiger partial charge in [-0.2, -0.15) is 0 Å². The quantitative estimate of drug-likeness (QED) is 0.244. The summed E-state index contributed by atoms with van der Waals surface area (Å²) in [5.41, 5.74) is 0.990. The van der Waals surface area contributed by atoms with E-state index in [0.29, 0.717) is 6.42 Å². The van der Waals surface area contributed by atoms with Crippen molar-refractivity contribution in [3.05, 3.63) is 48.0 Å². The smallest absolute Gasteiger partial charge is 0.330 e. The van der Waals surface area contributed by atoms with E-state index in [1.165, 1.54) is 20.1 Å². The van der Waals surface area contributed by atoms with E-state index in [2.05, 4.69) is 38.6 Å². The molecule has 0 fully saturated rings. The Morgan fingerprint density at radius 2 is 1.70 bits per heavy atom. The molecule has 0 saturated heterocycles. The summed E-state index contributed by atoms with van der Waals surface area (Å²) in [6.45, 7) is 12.6. The van der Waals surface area contributed by atoms with E-state index < -0.39 is 8.32 Å². The maximum atomic E-state index is 11.6. The van der Waals surface area contributed by atoms with Gasteiger partial charge in [0.1, 0.15) is 6.10 Å². The van der Waals surface area contributed by atoms with Gasteiger partial charge in [-0.15, -0.1) is 0 Å². The highest BCUT2D eigenvalue weighted by Gasteiger charge is 2.39. The molecule has 30 heavy (non-hydrogen) atoms. The monoisotopic (exact) mass is 434 g/mol. The van der Waals surface area contributed by atoms with Crippen molar-refractivity contribution in [2.24, 2.45) is 0 Å². The maximum Gasteiger partial charge on any atom is 0.330 e. The molecule has 2 atom stereocenters. The van der Waals surface area contributed by atoms with Crippen LogP contribution in [0.1, 0.15) is 65.0 Å². The van der Waals surface area contributed by atoms with Gasteiger partial charge in [0.15, 0.2) is 8.32 Å². The number of allylic oxidation sites excluding steroid dienone is 1. The highest BCUT2D eigenvalue weighted by atomic mass is 28.4. The van der Waals surface area contributed by atoms with Crippen LogP contribution in [0.25, 0.3) is 0 Å². The molecule has 0 bridgehead atoms. The van der Waals surface area contributed by atoms with Crippen molar-refractivity contribution in [2.45, 2.75) is 83.7 Å². The number of benzene rings is 1. The van der Waals surface area contributed by atoms with Crippen LogP contribution in [0.15, 0.2) is 42.5 Å². The van der Waals surface area contributed by atoms with Gasteiger partial charge in [-0.25, -0.2) is 4.79 Å². The van der Waals surface area contributed by atoms with Gasteiger partial charge in [0.25, 0.3) is 0 Å². The second kappa shape index (κ2) is 12.1. The lowest BCUT2D eigenvalue weighted by atomic mass is 10.0. The predicted octanol–water partition coefficient (Wildman–Crippen LogP) is 5.97. The van der Waals surface area contributed by atoms with Gasteiger partial charge in [-0.3, -0.25) is 4.79 Å².